The molecule has 18 heavy (non-hydrogen) atoms. The maximum atomic E-state index is 10.0. The van der Waals surface area contributed by atoms with Gasteiger partial charge >= 0.3 is 0 Å². The molecule has 0 bridgehead atoms. The lowest BCUT2D eigenvalue weighted by molar-refractivity contribution is 0.0995. The second-order valence-electron chi connectivity index (χ2n) is 4.35. The molecule has 0 saturated heterocycles. The number of aliphatic hydroxyl groups is 1. The van der Waals surface area contributed by atoms with Crippen LogP contribution in [0.2, 0.25) is 0 Å². The third kappa shape index (κ3) is 5.55. The SMILES string of the molecule is CCCOc1ccnc(NCC(C)(O)CSC)n1. The molecule has 0 aromatic carbocycles. The first-order chi connectivity index (χ1) is 8.57. The Kier molecular flexibility index (Phi) is 6.21. The van der Waals surface area contributed by atoms with Gasteiger partial charge in [0.25, 0.3) is 0 Å². The number of hydrogen-bond donors (Lipinski definition) is 2. The second-order valence-corrected chi connectivity index (χ2v) is 5.22. The van der Waals surface area contributed by atoms with Crippen molar-refractivity contribution in [1.29, 1.82) is 0 Å². The molecule has 1 atom stereocenters. The van der Waals surface area contributed by atoms with Crippen LogP contribution in [0.15, 0.2) is 12.3 Å². The van der Waals surface area contributed by atoms with Crippen LogP contribution < -0.4 is 10.1 Å². The summed E-state index contributed by atoms with van der Waals surface area (Å²) in [6.07, 6.45) is 4.54. The molecular formula is C12H21N3O2S. The summed E-state index contributed by atoms with van der Waals surface area (Å²) in [4.78, 5) is 8.30. The summed E-state index contributed by atoms with van der Waals surface area (Å²) >= 11 is 1.60. The Morgan fingerprint density at radius 3 is 3.00 bits per heavy atom. The largest absolute Gasteiger partial charge is 0.478 e. The summed E-state index contributed by atoms with van der Waals surface area (Å²) in [6.45, 7) is 4.87. The van der Waals surface area contributed by atoms with E-state index in [9.17, 15) is 5.11 Å². The minimum absolute atomic E-state index is 0.408. The van der Waals surface area contributed by atoms with Crippen molar-refractivity contribution in [3.8, 4) is 5.88 Å². The Morgan fingerprint density at radius 2 is 2.33 bits per heavy atom. The lowest BCUT2D eigenvalue weighted by Crippen LogP contribution is -2.36. The Labute approximate surface area is 112 Å². The van der Waals surface area contributed by atoms with E-state index in [0.29, 0.717) is 30.7 Å². The molecule has 0 aliphatic carbocycles. The van der Waals surface area contributed by atoms with E-state index in [1.807, 2.05) is 13.2 Å². The fourth-order valence-corrected chi connectivity index (χ4v) is 2.07. The van der Waals surface area contributed by atoms with Crippen molar-refractivity contribution in [3.63, 3.8) is 0 Å². The smallest absolute Gasteiger partial charge is 0.226 e. The molecule has 5 nitrogen and oxygen atoms in total. The Hall–Kier alpha value is -1.01. The zero-order chi connectivity index (χ0) is 13.4. The molecular weight excluding hydrogens is 250 g/mol. The third-order valence-electron chi connectivity index (χ3n) is 2.17. The van der Waals surface area contributed by atoms with Gasteiger partial charge in [-0.1, -0.05) is 6.92 Å². The Bertz CT molecular complexity index is 361. The first-order valence-corrected chi connectivity index (χ1v) is 7.38. The Morgan fingerprint density at radius 1 is 1.56 bits per heavy atom. The second kappa shape index (κ2) is 7.43. The highest BCUT2D eigenvalue weighted by Gasteiger charge is 2.19. The summed E-state index contributed by atoms with van der Waals surface area (Å²) in [5.41, 5.74) is -0.775. The number of hydrogen-bond acceptors (Lipinski definition) is 6. The van der Waals surface area contributed by atoms with Crippen LogP contribution in [0.25, 0.3) is 0 Å². The monoisotopic (exact) mass is 271 g/mol. The molecule has 1 rings (SSSR count). The van der Waals surface area contributed by atoms with E-state index in [1.165, 1.54) is 0 Å². The number of thioether (sulfide) groups is 1. The number of nitrogens with zero attached hydrogens (tertiary/aromatic N) is 2. The van der Waals surface area contributed by atoms with Crippen molar-refractivity contribution in [2.75, 3.05) is 30.5 Å². The van der Waals surface area contributed by atoms with Crippen molar-refractivity contribution in [3.05, 3.63) is 12.3 Å². The molecule has 1 heterocycles. The van der Waals surface area contributed by atoms with Gasteiger partial charge in [-0.2, -0.15) is 16.7 Å². The van der Waals surface area contributed by atoms with Gasteiger partial charge in [-0.3, -0.25) is 0 Å². The minimum atomic E-state index is -0.775. The summed E-state index contributed by atoms with van der Waals surface area (Å²) in [6, 6.07) is 1.72. The van der Waals surface area contributed by atoms with E-state index in [2.05, 4.69) is 15.3 Å². The fraction of sp³-hybridized carbons (Fsp3) is 0.667. The van der Waals surface area contributed by atoms with Crippen LogP contribution in [0.5, 0.6) is 5.88 Å². The highest BCUT2D eigenvalue weighted by atomic mass is 32.2. The van der Waals surface area contributed by atoms with E-state index >= 15 is 0 Å². The number of ether oxygens (including phenoxy) is 1. The minimum Gasteiger partial charge on any atom is -0.478 e. The summed E-state index contributed by atoms with van der Waals surface area (Å²) in [7, 11) is 0. The standard InChI is InChI=1S/C12H21N3O2S/c1-4-7-17-10-5-6-13-11(15-10)14-8-12(2,16)9-18-3/h5-6,16H,4,7-9H2,1-3H3,(H,13,14,15). The van der Waals surface area contributed by atoms with Crippen LogP contribution in [0.4, 0.5) is 5.95 Å². The molecule has 0 saturated carbocycles. The van der Waals surface area contributed by atoms with Crippen LogP contribution in [0.1, 0.15) is 20.3 Å². The average molecular weight is 271 g/mol. The molecule has 1 aromatic rings. The molecule has 0 aliphatic rings. The molecule has 0 aliphatic heterocycles. The molecule has 0 amide bonds. The zero-order valence-corrected chi connectivity index (χ0v) is 12.0. The topological polar surface area (TPSA) is 67.3 Å². The van der Waals surface area contributed by atoms with Gasteiger partial charge in [-0.05, 0) is 19.6 Å². The number of aromatic nitrogens is 2. The first-order valence-electron chi connectivity index (χ1n) is 5.98. The van der Waals surface area contributed by atoms with Gasteiger partial charge in [-0.15, -0.1) is 0 Å². The van der Waals surface area contributed by atoms with Crippen molar-refractivity contribution >= 4 is 17.7 Å². The average Bonchev–Trinajstić information content (AvgIpc) is 2.35. The van der Waals surface area contributed by atoms with Gasteiger partial charge < -0.3 is 15.2 Å². The van der Waals surface area contributed by atoms with Gasteiger partial charge in [0, 0.05) is 24.6 Å². The molecule has 0 spiro atoms. The molecule has 0 radical (unpaired) electrons. The maximum absolute atomic E-state index is 10.0. The van der Waals surface area contributed by atoms with Gasteiger partial charge in [0.05, 0.1) is 12.2 Å². The van der Waals surface area contributed by atoms with Gasteiger partial charge in [-0.25, -0.2) is 4.98 Å². The van der Waals surface area contributed by atoms with Crippen molar-refractivity contribution in [2.45, 2.75) is 25.9 Å². The number of anilines is 1. The lowest BCUT2D eigenvalue weighted by Gasteiger charge is -2.22. The predicted molar refractivity (Wildman–Crippen MR) is 75.3 cm³/mol. The maximum Gasteiger partial charge on any atom is 0.226 e. The molecule has 6 heteroatoms. The summed E-state index contributed by atoms with van der Waals surface area (Å²) < 4.78 is 5.42. The van der Waals surface area contributed by atoms with Gasteiger partial charge in [0.1, 0.15) is 0 Å². The van der Waals surface area contributed by atoms with Gasteiger partial charge in [0.2, 0.25) is 11.8 Å². The number of nitrogens with one attached hydrogen (secondary N) is 1. The molecule has 1 unspecified atom stereocenters. The van der Waals surface area contributed by atoms with Crippen LogP contribution in [-0.2, 0) is 0 Å². The predicted octanol–water partition coefficient (Wildman–Crippen LogP) is 1.79. The zero-order valence-electron chi connectivity index (χ0n) is 11.1. The van der Waals surface area contributed by atoms with E-state index in [1.54, 1.807) is 30.9 Å². The van der Waals surface area contributed by atoms with Crippen LogP contribution in [-0.4, -0.2) is 45.8 Å². The molecule has 2 N–H and O–H groups in total. The molecule has 0 fully saturated rings. The van der Waals surface area contributed by atoms with Crippen molar-refractivity contribution in [1.82, 2.24) is 9.97 Å². The van der Waals surface area contributed by atoms with Crippen molar-refractivity contribution < 1.29 is 9.84 Å². The van der Waals surface area contributed by atoms with Gasteiger partial charge in [0.15, 0.2) is 0 Å². The fourth-order valence-electron chi connectivity index (χ4n) is 1.35. The lowest BCUT2D eigenvalue weighted by atomic mass is 10.1. The Balaban J connectivity index is 2.51. The molecule has 1 aromatic heterocycles. The van der Waals surface area contributed by atoms with Crippen LogP contribution >= 0.6 is 11.8 Å². The van der Waals surface area contributed by atoms with Crippen molar-refractivity contribution in [2.24, 2.45) is 0 Å². The highest BCUT2D eigenvalue weighted by Crippen LogP contribution is 2.13. The van der Waals surface area contributed by atoms with E-state index in [-0.39, 0.29) is 0 Å². The first kappa shape index (κ1) is 15.0. The molecule has 102 valence electrons. The van der Waals surface area contributed by atoms with E-state index < -0.39 is 5.60 Å². The quantitative estimate of drug-likeness (QED) is 0.751. The summed E-state index contributed by atoms with van der Waals surface area (Å²) in [5, 5.41) is 13.0. The third-order valence-corrected chi connectivity index (χ3v) is 3.08. The van der Waals surface area contributed by atoms with Crippen LogP contribution in [0.3, 0.4) is 0 Å². The van der Waals surface area contributed by atoms with Crippen LogP contribution in [0, 0.1) is 0 Å². The number of rotatable bonds is 8. The summed E-state index contributed by atoms with van der Waals surface area (Å²) in [5.74, 6) is 1.69. The van der Waals surface area contributed by atoms with E-state index in [4.69, 9.17) is 4.74 Å². The van der Waals surface area contributed by atoms with E-state index in [0.717, 1.165) is 6.42 Å². The highest BCUT2D eigenvalue weighted by molar-refractivity contribution is 7.98. The normalized spacial score (nSPS) is 14.0.